The van der Waals surface area contributed by atoms with Crippen LogP contribution in [0.25, 0.3) is 0 Å². The maximum atomic E-state index is 7.58. The van der Waals surface area contributed by atoms with Crippen LogP contribution in [-0.4, -0.2) is 11.7 Å². The van der Waals surface area contributed by atoms with Gasteiger partial charge in [0.1, 0.15) is 0 Å². The van der Waals surface area contributed by atoms with Gasteiger partial charge in [0.2, 0.25) is 0 Å². The van der Waals surface area contributed by atoms with Crippen molar-refractivity contribution >= 4 is 0 Å². The first-order valence-electron chi connectivity index (χ1n) is 0.920. The van der Waals surface area contributed by atoms with E-state index in [0.29, 0.717) is 0 Å². The maximum Gasteiger partial charge on any atom is 0.0653 e. The number of aliphatic hydroxyl groups excluding tert-OH is 1. The minimum Gasteiger partial charge on any atom is -0.691 e. The Kier molecular flexibility index (Phi) is 16.2. The van der Waals surface area contributed by atoms with Gasteiger partial charge in [0.05, 0.1) is 6.61 Å². The summed E-state index contributed by atoms with van der Waals surface area (Å²) in [5.41, 5.74) is 0. The molecule has 25 valence electrons. The smallest absolute Gasteiger partial charge is 0.0653 e. The fourth-order valence-corrected chi connectivity index (χ4v) is 0. The van der Waals surface area contributed by atoms with Crippen molar-refractivity contribution in [1.82, 2.24) is 0 Å². The molecule has 1 nitrogen and oxygen atoms in total. The third-order valence-electron chi connectivity index (χ3n) is 0.0791. The van der Waals surface area contributed by atoms with Crippen LogP contribution in [0.15, 0.2) is 0 Å². The number of rotatable bonds is 0. The standard InChI is InChI=1S/C3H3O.Y/c1-2-3-4;/h4H,3H2;/q-1;. The SMILES string of the molecule is [C-]#CCO.[Y]. The molecule has 0 saturated heterocycles. The number of aliphatic hydroxyl groups is 1. The monoisotopic (exact) mass is 144 g/mol. The van der Waals surface area contributed by atoms with Crippen molar-refractivity contribution in [2.24, 2.45) is 0 Å². The third-order valence-corrected chi connectivity index (χ3v) is 0.0791. The van der Waals surface area contributed by atoms with Crippen LogP contribution in [0, 0.1) is 12.3 Å². The van der Waals surface area contributed by atoms with E-state index in [1.807, 2.05) is 0 Å². The van der Waals surface area contributed by atoms with E-state index in [4.69, 9.17) is 11.5 Å². The van der Waals surface area contributed by atoms with Crippen molar-refractivity contribution in [3.05, 3.63) is 6.42 Å². The van der Waals surface area contributed by atoms with Crippen LogP contribution in [0.3, 0.4) is 0 Å². The van der Waals surface area contributed by atoms with Crippen LogP contribution in [-0.2, 0) is 32.7 Å². The van der Waals surface area contributed by atoms with E-state index in [-0.39, 0.29) is 39.3 Å². The zero-order valence-electron chi connectivity index (χ0n) is 2.73. The first-order chi connectivity index (χ1) is 1.91. The molecule has 0 aliphatic heterocycles. The third kappa shape index (κ3) is 12.1. The molecule has 0 heterocycles. The second kappa shape index (κ2) is 8.82. The molecule has 0 spiro atoms. The van der Waals surface area contributed by atoms with E-state index in [0.717, 1.165) is 0 Å². The molecule has 0 rings (SSSR count). The van der Waals surface area contributed by atoms with Crippen molar-refractivity contribution in [3.8, 4) is 5.92 Å². The summed E-state index contributed by atoms with van der Waals surface area (Å²) in [5.74, 6) is 1.74. The van der Waals surface area contributed by atoms with Gasteiger partial charge in [-0.2, -0.15) is 0 Å². The van der Waals surface area contributed by atoms with Crippen LogP contribution in [0.1, 0.15) is 0 Å². The van der Waals surface area contributed by atoms with Crippen molar-refractivity contribution < 1.29 is 37.8 Å². The molecule has 0 aromatic rings. The molecule has 0 atom stereocenters. The predicted octanol–water partition coefficient (Wildman–Crippen LogP) is -0.434. The fraction of sp³-hybridized carbons (Fsp3) is 0.333. The molecule has 0 aliphatic carbocycles. The van der Waals surface area contributed by atoms with Gasteiger partial charge in [0, 0.05) is 32.7 Å². The molecule has 1 N–H and O–H groups in total. The second-order valence-electron chi connectivity index (χ2n) is 0.335. The Hall–Kier alpha value is 0.624. The van der Waals surface area contributed by atoms with Crippen molar-refractivity contribution in [3.63, 3.8) is 0 Å². The van der Waals surface area contributed by atoms with Crippen LogP contribution in [0.5, 0.6) is 0 Å². The quantitative estimate of drug-likeness (QED) is 0.361. The molecule has 2 heteroatoms. The molecule has 0 aromatic heterocycles. The van der Waals surface area contributed by atoms with Crippen LogP contribution in [0.2, 0.25) is 0 Å². The maximum absolute atomic E-state index is 7.58. The summed E-state index contributed by atoms with van der Waals surface area (Å²) >= 11 is 0. The molecule has 0 aliphatic rings. The molecular weight excluding hydrogens is 141 g/mol. The zero-order valence-corrected chi connectivity index (χ0v) is 5.57. The van der Waals surface area contributed by atoms with Gasteiger partial charge in [-0.3, -0.25) is 0 Å². The Bertz CT molecular complexity index is 36.6. The van der Waals surface area contributed by atoms with Crippen LogP contribution >= 0.6 is 0 Å². The number of hydrogen-bond acceptors (Lipinski definition) is 1. The summed E-state index contributed by atoms with van der Waals surface area (Å²) in [6.45, 7) is -0.264. The summed E-state index contributed by atoms with van der Waals surface area (Å²) in [6, 6.07) is 0. The summed E-state index contributed by atoms with van der Waals surface area (Å²) in [6.07, 6.45) is 5.95. The normalized spacial score (nSPS) is 4.00. The van der Waals surface area contributed by atoms with Gasteiger partial charge in [-0.1, -0.05) is 0 Å². The number of hydrogen-bond donors (Lipinski definition) is 1. The molecule has 5 heavy (non-hydrogen) atoms. The van der Waals surface area contributed by atoms with Gasteiger partial charge in [-0.05, 0) is 0 Å². The van der Waals surface area contributed by atoms with Crippen LogP contribution in [0.4, 0.5) is 0 Å². The predicted molar refractivity (Wildman–Crippen MR) is 14.2 cm³/mol. The summed E-state index contributed by atoms with van der Waals surface area (Å²) < 4.78 is 0. The topological polar surface area (TPSA) is 20.2 Å². The summed E-state index contributed by atoms with van der Waals surface area (Å²) in [7, 11) is 0. The van der Waals surface area contributed by atoms with E-state index in [1.54, 1.807) is 5.92 Å². The Labute approximate surface area is 56.6 Å². The molecule has 0 amide bonds. The summed E-state index contributed by atoms with van der Waals surface area (Å²) in [5, 5.41) is 7.58. The molecule has 0 unspecified atom stereocenters. The van der Waals surface area contributed by atoms with Crippen LogP contribution < -0.4 is 0 Å². The Morgan fingerprint density at radius 3 is 2.00 bits per heavy atom. The second-order valence-corrected chi connectivity index (χ2v) is 0.335. The Balaban J connectivity index is 0. The Morgan fingerprint density at radius 2 is 2.00 bits per heavy atom. The van der Waals surface area contributed by atoms with E-state index in [1.165, 1.54) is 0 Å². The average Bonchev–Trinajstić information content (AvgIpc) is 1.37. The zero-order chi connectivity index (χ0) is 3.41. The minimum atomic E-state index is -0.264. The first-order valence-corrected chi connectivity index (χ1v) is 0.920. The van der Waals surface area contributed by atoms with E-state index < -0.39 is 0 Å². The molecule has 0 fully saturated rings. The van der Waals surface area contributed by atoms with Gasteiger partial charge in [0.25, 0.3) is 0 Å². The van der Waals surface area contributed by atoms with Crippen molar-refractivity contribution in [1.29, 1.82) is 0 Å². The van der Waals surface area contributed by atoms with Gasteiger partial charge in [0.15, 0.2) is 0 Å². The summed E-state index contributed by atoms with van der Waals surface area (Å²) in [4.78, 5) is 0. The van der Waals surface area contributed by atoms with Gasteiger partial charge in [-0.15, -0.1) is 0 Å². The van der Waals surface area contributed by atoms with Crippen molar-refractivity contribution in [2.45, 2.75) is 0 Å². The fourth-order valence-electron chi connectivity index (χ4n) is 0. The average molecular weight is 144 g/mol. The minimum absolute atomic E-state index is 0. The largest absolute Gasteiger partial charge is 0.691 e. The van der Waals surface area contributed by atoms with Crippen molar-refractivity contribution in [2.75, 3.05) is 6.61 Å². The van der Waals surface area contributed by atoms with E-state index in [9.17, 15) is 0 Å². The molecule has 0 bridgehead atoms. The van der Waals surface area contributed by atoms with Gasteiger partial charge in [-0.25, -0.2) is 0 Å². The van der Waals surface area contributed by atoms with E-state index >= 15 is 0 Å². The van der Waals surface area contributed by atoms with Gasteiger partial charge < -0.3 is 17.5 Å². The molecular formula is C3H3OY-. The molecule has 1 radical (unpaired) electrons. The first kappa shape index (κ1) is 9.16. The molecule has 0 saturated carbocycles. The Morgan fingerprint density at radius 1 is 1.80 bits per heavy atom. The molecule has 0 aromatic carbocycles. The van der Waals surface area contributed by atoms with E-state index in [2.05, 4.69) is 0 Å². The van der Waals surface area contributed by atoms with Gasteiger partial charge >= 0.3 is 0 Å².